The molecule has 1 aliphatic heterocycles. The molecule has 1 aliphatic rings. The van der Waals surface area contributed by atoms with E-state index in [-0.39, 0.29) is 5.54 Å². The second-order valence-corrected chi connectivity index (χ2v) is 3.19. The Bertz CT molecular complexity index is 166. The Kier molecular flexibility index (Phi) is 3.51. The summed E-state index contributed by atoms with van der Waals surface area (Å²) in [5, 5.41) is 12.3. The van der Waals surface area contributed by atoms with Crippen LogP contribution in [0.2, 0.25) is 0 Å². The molecule has 1 saturated heterocycles. The fourth-order valence-electron chi connectivity index (χ4n) is 1.62. The average Bonchev–Trinajstić information content (AvgIpc) is 2.32. The van der Waals surface area contributed by atoms with E-state index in [0.29, 0.717) is 6.61 Å². The molecule has 68 valence electrons. The van der Waals surface area contributed by atoms with Crippen LogP contribution < -0.4 is 5.32 Å². The number of nitrogens with zero attached hydrogens (tertiary/aromatic N) is 1. The lowest BCUT2D eigenvalue weighted by molar-refractivity contribution is 0.140. The number of nitriles is 1. The molecule has 0 bridgehead atoms. The van der Waals surface area contributed by atoms with Gasteiger partial charge in [-0.05, 0) is 19.4 Å². The first-order chi connectivity index (χ1) is 5.83. The molecule has 1 atom stereocenters. The first-order valence-corrected chi connectivity index (χ1v) is 4.57. The van der Waals surface area contributed by atoms with Crippen molar-refractivity contribution in [2.75, 3.05) is 19.8 Å². The highest BCUT2D eigenvalue weighted by Gasteiger charge is 2.29. The average molecular weight is 168 g/mol. The lowest BCUT2D eigenvalue weighted by Gasteiger charge is -2.24. The van der Waals surface area contributed by atoms with Gasteiger partial charge >= 0.3 is 0 Å². The summed E-state index contributed by atoms with van der Waals surface area (Å²) >= 11 is 0. The molecule has 0 saturated carbocycles. The Labute approximate surface area is 73.7 Å². The van der Waals surface area contributed by atoms with Crippen molar-refractivity contribution in [3.05, 3.63) is 0 Å². The van der Waals surface area contributed by atoms with Gasteiger partial charge in [-0.1, -0.05) is 6.92 Å². The largest absolute Gasteiger partial charge is 0.381 e. The molecule has 1 N–H and O–H groups in total. The van der Waals surface area contributed by atoms with E-state index < -0.39 is 0 Å². The SMILES string of the molecule is CCNC1(C#N)CCCOCC1. The zero-order chi connectivity index (χ0) is 8.86. The third kappa shape index (κ3) is 2.20. The van der Waals surface area contributed by atoms with Gasteiger partial charge in [0.05, 0.1) is 6.07 Å². The van der Waals surface area contributed by atoms with E-state index in [0.717, 1.165) is 32.4 Å². The van der Waals surface area contributed by atoms with Gasteiger partial charge in [-0.3, -0.25) is 5.32 Å². The minimum Gasteiger partial charge on any atom is -0.381 e. The van der Waals surface area contributed by atoms with E-state index in [4.69, 9.17) is 10.00 Å². The quantitative estimate of drug-likeness (QED) is 0.670. The molecule has 1 unspecified atom stereocenters. The van der Waals surface area contributed by atoms with Crippen molar-refractivity contribution in [3.8, 4) is 6.07 Å². The van der Waals surface area contributed by atoms with Crippen LogP contribution in [0.3, 0.4) is 0 Å². The molecule has 1 fully saturated rings. The molecule has 0 aliphatic carbocycles. The van der Waals surface area contributed by atoms with Gasteiger partial charge in [0.1, 0.15) is 5.54 Å². The number of hydrogen-bond acceptors (Lipinski definition) is 3. The van der Waals surface area contributed by atoms with Gasteiger partial charge in [0.15, 0.2) is 0 Å². The summed E-state index contributed by atoms with van der Waals surface area (Å²) in [4.78, 5) is 0. The fourth-order valence-corrected chi connectivity index (χ4v) is 1.62. The monoisotopic (exact) mass is 168 g/mol. The second kappa shape index (κ2) is 4.44. The predicted molar refractivity (Wildman–Crippen MR) is 46.7 cm³/mol. The number of ether oxygens (including phenoxy) is 1. The van der Waals surface area contributed by atoms with Gasteiger partial charge < -0.3 is 4.74 Å². The highest BCUT2D eigenvalue weighted by molar-refractivity contribution is 5.07. The molecular formula is C9H16N2O. The minimum atomic E-state index is -0.314. The maximum atomic E-state index is 9.03. The normalized spacial score (nSPS) is 30.7. The Morgan fingerprint density at radius 1 is 1.50 bits per heavy atom. The Balaban J connectivity index is 2.56. The maximum absolute atomic E-state index is 9.03. The van der Waals surface area contributed by atoms with Crippen LogP contribution in [-0.2, 0) is 4.74 Å². The van der Waals surface area contributed by atoms with Crippen molar-refractivity contribution in [3.63, 3.8) is 0 Å². The van der Waals surface area contributed by atoms with E-state index in [1.54, 1.807) is 0 Å². The van der Waals surface area contributed by atoms with Gasteiger partial charge in [-0.2, -0.15) is 5.26 Å². The summed E-state index contributed by atoms with van der Waals surface area (Å²) in [5.74, 6) is 0. The van der Waals surface area contributed by atoms with Gasteiger partial charge in [0.25, 0.3) is 0 Å². The van der Waals surface area contributed by atoms with Crippen LogP contribution in [0.1, 0.15) is 26.2 Å². The molecule has 12 heavy (non-hydrogen) atoms. The molecule has 3 nitrogen and oxygen atoms in total. The third-order valence-electron chi connectivity index (χ3n) is 2.29. The summed E-state index contributed by atoms with van der Waals surface area (Å²) in [6.07, 6.45) is 2.72. The predicted octanol–water partition coefficient (Wildman–Crippen LogP) is 1.06. The summed E-state index contributed by atoms with van der Waals surface area (Å²) in [6.45, 7) is 4.40. The lowest BCUT2D eigenvalue weighted by Crippen LogP contribution is -2.43. The zero-order valence-corrected chi connectivity index (χ0v) is 7.60. The molecule has 0 aromatic heterocycles. The summed E-state index contributed by atoms with van der Waals surface area (Å²) in [7, 11) is 0. The van der Waals surface area contributed by atoms with Crippen LogP contribution in [-0.4, -0.2) is 25.3 Å². The third-order valence-corrected chi connectivity index (χ3v) is 2.29. The van der Waals surface area contributed by atoms with Crippen molar-refractivity contribution < 1.29 is 4.74 Å². The maximum Gasteiger partial charge on any atom is 0.109 e. The van der Waals surface area contributed by atoms with Crippen LogP contribution in [0.15, 0.2) is 0 Å². The number of nitrogens with one attached hydrogen (secondary N) is 1. The summed E-state index contributed by atoms with van der Waals surface area (Å²) < 4.78 is 5.31. The van der Waals surface area contributed by atoms with Crippen molar-refractivity contribution in [1.29, 1.82) is 5.26 Å². The smallest absolute Gasteiger partial charge is 0.109 e. The molecule has 0 aromatic rings. The Morgan fingerprint density at radius 3 is 3.00 bits per heavy atom. The van der Waals surface area contributed by atoms with Gasteiger partial charge in [-0.25, -0.2) is 0 Å². The topological polar surface area (TPSA) is 45.0 Å². The molecule has 0 spiro atoms. The minimum absolute atomic E-state index is 0.314. The van der Waals surface area contributed by atoms with Crippen LogP contribution in [0.25, 0.3) is 0 Å². The first-order valence-electron chi connectivity index (χ1n) is 4.57. The van der Waals surface area contributed by atoms with Crippen molar-refractivity contribution in [2.45, 2.75) is 31.7 Å². The molecule has 1 heterocycles. The van der Waals surface area contributed by atoms with Gasteiger partial charge in [0.2, 0.25) is 0 Å². The molecule has 1 rings (SSSR count). The van der Waals surface area contributed by atoms with Crippen LogP contribution in [0.4, 0.5) is 0 Å². The molecule has 0 aromatic carbocycles. The number of hydrogen-bond donors (Lipinski definition) is 1. The zero-order valence-electron chi connectivity index (χ0n) is 7.60. The molecule has 3 heteroatoms. The van der Waals surface area contributed by atoms with Crippen LogP contribution in [0, 0.1) is 11.3 Å². The van der Waals surface area contributed by atoms with Crippen molar-refractivity contribution in [1.82, 2.24) is 5.32 Å². The Hall–Kier alpha value is -0.590. The fraction of sp³-hybridized carbons (Fsp3) is 0.889. The highest BCUT2D eigenvalue weighted by atomic mass is 16.5. The Morgan fingerprint density at radius 2 is 2.33 bits per heavy atom. The van der Waals surface area contributed by atoms with Crippen LogP contribution in [0.5, 0.6) is 0 Å². The highest BCUT2D eigenvalue weighted by Crippen LogP contribution is 2.19. The summed E-state index contributed by atoms with van der Waals surface area (Å²) in [5.41, 5.74) is -0.314. The second-order valence-electron chi connectivity index (χ2n) is 3.19. The molecular weight excluding hydrogens is 152 g/mol. The summed E-state index contributed by atoms with van der Waals surface area (Å²) in [6, 6.07) is 2.37. The lowest BCUT2D eigenvalue weighted by atomic mass is 9.92. The van der Waals surface area contributed by atoms with Gasteiger partial charge in [0, 0.05) is 19.6 Å². The van der Waals surface area contributed by atoms with Gasteiger partial charge in [-0.15, -0.1) is 0 Å². The van der Waals surface area contributed by atoms with Crippen LogP contribution >= 0.6 is 0 Å². The molecule has 0 amide bonds. The van der Waals surface area contributed by atoms with E-state index >= 15 is 0 Å². The van der Waals surface area contributed by atoms with Crippen molar-refractivity contribution in [2.24, 2.45) is 0 Å². The standard InChI is InChI=1S/C9H16N2O/c1-2-11-9(8-10)4-3-6-12-7-5-9/h11H,2-7H2,1H3. The van der Waals surface area contributed by atoms with E-state index in [2.05, 4.69) is 11.4 Å². The van der Waals surface area contributed by atoms with E-state index in [1.807, 2.05) is 6.92 Å². The number of rotatable bonds is 2. The van der Waals surface area contributed by atoms with E-state index in [9.17, 15) is 0 Å². The van der Waals surface area contributed by atoms with Crippen molar-refractivity contribution >= 4 is 0 Å². The first kappa shape index (κ1) is 9.50. The van der Waals surface area contributed by atoms with E-state index in [1.165, 1.54) is 0 Å². The molecule has 0 radical (unpaired) electrons.